The molecule has 1 N–H and O–H groups in total. The highest BCUT2D eigenvalue weighted by Crippen LogP contribution is 2.30. The van der Waals surface area contributed by atoms with Crippen molar-refractivity contribution in [1.29, 1.82) is 0 Å². The van der Waals surface area contributed by atoms with Crippen LogP contribution in [0.2, 0.25) is 0 Å². The molecule has 0 fully saturated rings. The number of rotatable bonds is 8. The Labute approximate surface area is 181 Å². The molecule has 1 atom stereocenters. The maximum Gasteiger partial charge on any atom is 0.308 e. The lowest BCUT2D eigenvalue weighted by Gasteiger charge is -2.19. The number of nitrogens with one attached hydrogen (secondary N) is 1. The third kappa shape index (κ3) is 5.72. The van der Waals surface area contributed by atoms with Crippen LogP contribution in [0.5, 0.6) is 5.75 Å². The minimum absolute atomic E-state index is 0.00416. The molecular formula is C24H26N2O5. The van der Waals surface area contributed by atoms with E-state index < -0.39 is 17.9 Å². The van der Waals surface area contributed by atoms with Crippen molar-refractivity contribution < 1.29 is 23.6 Å². The number of aromatic nitrogens is 1. The van der Waals surface area contributed by atoms with E-state index in [1.165, 1.54) is 0 Å². The van der Waals surface area contributed by atoms with Crippen molar-refractivity contribution >= 4 is 11.9 Å². The Hall–Kier alpha value is -3.61. The minimum atomic E-state index is -0.564. The van der Waals surface area contributed by atoms with E-state index in [0.29, 0.717) is 17.1 Å². The molecule has 0 spiro atoms. The number of aryl methyl sites for hydroxylation is 1. The molecule has 0 saturated heterocycles. The molecule has 3 rings (SSSR count). The summed E-state index contributed by atoms with van der Waals surface area (Å²) in [7, 11) is 1.56. The summed E-state index contributed by atoms with van der Waals surface area (Å²) in [4.78, 5) is 25.1. The molecule has 1 amide bonds. The van der Waals surface area contributed by atoms with E-state index in [4.69, 9.17) is 14.0 Å². The largest absolute Gasteiger partial charge is 0.496 e. The number of amides is 1. The van der Waals surface area contributed by atoms with E-state index in [-0.39, 0.29) is 18.2 Å². The molecule has 31 heavy (non-hydrogen) atoms. The van der Waals surface area contributed by atoms with Crippen molar-refractivity contribution in [2.75, 3.05) is 7.11 Å². The highest BCUT2D eigenvalue weighted by molar-refractivity contribution is 5.93. The number of ether oxygens (including phenoxy) is 2. The fourth-order valence-corrected chi connectivity index (χ4v) is 3.12. The number of carbonyl (C=O) groups excluding carboxylic acids is 2. The number of carbonyl (C=O) groups is 2. The van der Waals surface area contributed by atoms with Crippen LogP contribution in [0.3, 0.4) is 0 Å². The lowest BCUT2D eigenvalue weighted by Crippen LogP contribution is -2.31. The molecule has 7 nitrogen and oxygen atoms in total. The number of benzene rings is 2. The van der Waals surface area contributed by atoms with E-state index in [2.05, 4.69) is 10.5 Å². The van der Waals surface area contributed by atoms with Crippen LogP contribution in [0.15, 0.2) is 59.1 Å². The third-order valence-corrected chi connectivity index (χ3v) is 4.64. The molecule has 0 aliphatic heterocycles. The van der Waals surface area contributed by atoms with E-state index in [0.717, 1.165) is 11.1 Å². The van der Waals surface area contributed by atoms with Crippen molar-refractivity contribution in [2.45, 2.75) is 39.3 Å². The van der Waals surface area contributed by atoms with Gasteiger partial charge in [0, 0.05) is 6.07 Å². The zero-order valence-corrected chi connectivity index (χ0v) is 18.0. The molecule has 0 aliphatic carbocycles. The average molecular weight is 422 g/mol. The molecule has 0 aliphatic rings. The molecule has 3 aromatic rings. The summed E-state index contributed by atoms with van der Waals surface area (Å²) in [6, 6.07) is 15.9. The molecule has 2 aromatic carbocycles. The second-order valence-electron chi connectivity index (χ2n) is 7.46. The average Bonchev–Trinajstić information content (AvgIpc) is 3.23. The standard InChI is InChI=1S/C24H26N2O5/c1-15(2)30-23(27)14-19(17-11-9-16(3)10-12-17)25-24(28)20-13-22(31-26-20)18-7-5-6-8-21(18)29-4/h5-13,15,19H,14H2,1-4H3,(H,25,28). The van der Waals surface area contributed by atoms with Gasteiger partial charge < -0.3 is 19.3 Å². The predicted octanol–water partition coefficient (Wildman–Crippen LogP) is 4.47. The molecule has 0 bridgehead atoms. The van der Waals surface area contributed by atoms with Crippen molar-refractivity contribution in [1.82, 2.24) is 10.5 Å². The van der Waals surface area contributed by atoms with Gasteiger partial charge in [-0.2, -0.15) is 0 Å². The van der Waals surface area contributed by atoms with Gasteiger partial charge in [-0.3, -0.25) is 9.59 Å². The highest BCUT2D eigenvalue weighted by Gasteiger charge is 2.23. The summed E-state index contributed by atoms with van der Waals surface area (Å²) in [5.74, 6) is 0.178. The van der Waals surface area contributed by atoms with Gasteiger partial charge in [0.05, 0.1) is 31.2 Å². The summed E-state index contributed by atoms with van der Waals surface area (Å²) in [5.41, 5.74) is 2.67. The van der Waals surface area contributed by atoms with E-state index in [1.54, 1.807) is 33.1 Å². The number of hydrogen-bond donors (Lipinski definition) is 1. The lowest BCUT2D eigenvalue weighted by atomic mass is 10.0. The fourth-order valence-electron chi connectivity index (χ4n) is 3.12. The first-order valence-electron chi connectivity index (χ1n) is 10.0. The lowest BCUT2D eigenvalue weighted by molar-refractivity contribution is -0.147. The SMILES string of the molecule is COc1ccccc1-c1cc(C(=O)NC(CC(=O)OC(C)C)c2ccc(C)cc2)no1. The molecule has 0 saturated carbocycles. The van der Waals surface area contributed by atoms with Gasteiger partial charge in [-0.1, -0.05) is 47.1 Å². The van der Waals surface area contributed by atoms with Crippen molar-refractivity contribution in [3.8, 4) is 17.1 Å². The number of methoxy groups -OCH3 is 1. The van der Waals surface area contributed by atoms with Crippen molar-refractivity contribution in [2.24, 2.45) is 0 Å². The first-order valence-corrected chi connectivity index (χ1v) is 10.0. The van der Waals surface area contributed by atoms with Crippen molar-refractivity contribution in [3.05, 3.63) is 71.4 Å². The van der Waals surface area contributed by atoms with Crippen LogP contribution < -0.4 is 10.1 Å². The number of hydrogen-bond acceptors (Lipinski definition) is 6. The Kier molecular flexibility index (Phi) is 7.07. The topological polar surface area (TPSA) is 90.7 Å². The minimum Gasteiger partial charge on any atom is -0.496 e. The number of nitrogens with zero attached hydrogens (tertiary/aromatic N) is 1. The fraction of sp³-hybridized carbons (Fsp3) is 0.292. The monoisotopic (exact) mass is 422 g/mol. The van der Waals surface area contributed by atoms with Crippen LogP contribution >= 0.6 is 0 Å². The summed E-state index contributed by atoms with van der Waals surface area (Å²) >= 11 is 0. The summed E-state index contributed by atoms with van der Waals surface area (Å²) in [6.07, 6.45) is -0.231. The predicted molar refractivity (Wildman–Crippen MR) is 116 cm³/mol. The van der Waals surface area contributed by atoms with Gasteiger partial charge in [-0.15, -0.1) is 0 Å². The summed E-state index contributed by atoms with van der Waals surface area (Å²) in [6.45, 7) is 5.54. The first-order chi connectivity index (χ1) is 14.9. The van der Waals surface area contributed by atoms with Gasteiger partial charge in [-0.05, 0) is 38.5 Å². The number of esters is 1. The Morgan fingerprint density at radius 2 is 1.81 bits per heavy atom. The van der Waals surface area contributed by atoms with Gasteiger partial charge in [0.25, 0.3) is 5.91 Å². The zero-order valence-electron chi connectivity index (χ0n) is 18.0. The van der Waals surface area contributed by atoms with E-state index in [9.17, 15) is 9.59 Å². The van der Waals surface area contributed by atoms with Crippen LogP contribution in [-0.2, 0) is 9.53 Å². The molecule has 1 heterocycles. The van der Waals surface area contributed by atoms with E-state index >= 15 is 0 Å². The third-order valence-electron chi connectivity index (χ3n) is 4.64. The van der Waals surface area contributed by atoms with Crippen LogP contribution in [0.1, 0.15) is 47.9 Å². The second-order valence-corrected chi connectivity index (χ2v) is 7.46. The van der Waals surface area contributed by atoms with Crippen LogP contribution in [0.25, 0.3) is 11.3 Å². The molecule has 1 unspecified atom stereocenters. The highest BCUT2D eigenvalue weighted by atomic mass is 16.5. The zero-order chi connectivity index (χ0) is 22.4. The molecule has 1 aromatic heterocycles. The molecular weight excluding hydrogens is 396 g/mol. The van der Waals surface area contributed by atoms with Gasteiger partial charge >= 0.3 is 5.97 Å². The Morgan fingerprint density at radius 1 is 1.10 bits per heavy atom. The second kappa shape index (κ2) is 9.93. The normalized spacial score (nSPS) is 11.8. The summed E-state index contributed by atoms with van der Waals surface area (Å²) < 4.78 is 16.0. The Bertz CT molecular complexity index is 1040. The maximum absolute atomic E-state index is 12.9. The first kappa shape index (κ1) is 22.1. The smallest absolute Gasteiger partial charge is 0.308 e. The quantitative estimate of drug-likeness (QED) is 0.539. The van der Waals surface area contributed by atoms with Gasteiger partial charge in [0.1, 0.15) is 5.75 Å². The van der Waals surface area contributed by atoms with Gasteiger partial charge in [-0.25, -0.2) is 0 Å². The Balaban J connectivity index is 1.81. The van der Waals surface area contributed by atoms with Crippen LogP contribution in [0.4, 0.5) is 0 Å². The number of para-hydroxylation sites is 1. The Morgan fingerprint density at radius 3 is 2.48 bits per heavy atom. The van der Waals surface area contributed by atoms with Crippen LogP contribution in [0, 0.1) is 6.92 Å². The van der Waals surface area contributed by atoms with Gasteiger partial charge in [0.2, 0.25) is 0 Å². The van der Waals surface area contributed by atoms with Crippen molar-refractivity contribution in [3.63, 3.8) is 0 Å². The maximum atomic E-state index is 12.9. The van der Waals surface area contributed by atoms with Crippen LogP contribution in [-0.4, -0.2) is 30.2 Å². The summed E-state index contributed by atoms with van der Waals surface area (Å²) in [5, 5.41) is 6.77. The van der Waals surface area contributed by atoms with E-state index in [1.807, 2.05) is 49.4 Å². The molecule has 0 radical (unpaired) electrons. The molecule has 7 heteroatoms. The van der Waals surface area contributed by atoms with Gasteiger partial charge in [0.15, 0.2) is 11.5 Å². The molecule has 162 valence electrons.